The summed E-state index contributed by atoms with van der Waals surface area (Å²) in [5.41, 5.74) is 1.07. The first-order chi connectivity index (χ1) is 9.12. The van der Waals surface area contributed by atoms with Crippen LogP contribution in [-0.2, 0) is 28.1 Å². The van der Waals surface area contributed by atoms with E-state index in [1.807, 2.05) is 37.3 Å². The molecule has 0 saturated heterocycles. The van der Waals surface area contributed by atoms with E-state index in [9.17, 15) is 4.79 Å². The zero-order chi connectivity index (χ0) is 15.5. The Morgan fingerprint density at radius 1 is 1.33 bits per heavy atom. The van der Waals surface area contributed by atoms with Crippen molar-refractivity contribution in [3.8, 4) is 0 Å². The third-order valence-electron chi connectivity index (χ3n) is 1.69. The summed E-state index contributed by atoms with van der Waals surface area (Å²) in [6, 6.07) is 9.87. The maximum Gasteiger partial charge on any atom is 2.00 e. The molecule has 0 saturated carbocycles. The molecule has 2 nitrogen and oxygen atoms in total. The second-order valence-electron chi connectivity index (χ2n) is 3.13. The summed E-state index contributed by atoms with van der Waals surface area (Å²) in [6.45, 7) is 11.8. The third kappa shape index (κ3) is 38.3. The standard InChI is InChI=1S/C7H7.C6H11O.C2H2O.CH4.CH3.U.V/c1-7-5-3-2-4-6-7;1-3-5-6(7)4-2;1-2-3;;;;/h2-6H,1H2;1,3-5H2,2H3;1H2;1H4;1H3;;/q2*-1;;;-1;;+2/i;;;1T;;;. The molecule has 0 bridgehead atoms. The first-order valence-corrected chi connectivity index (χ1v) is 5.44. The van der Waals surface area contributed by atoms with Crippen LogP contribution in [0.25, 0.3) is 0 Å². The van der Waals surface area contributed by atoms with Crippen molar-refractivity contribution in [2.24, 2.45) is 0 Å². The first kappa shape index (κ1) is 32.7. The number of rotatable bonds is 3. The van der Waals surface area contributed by atoms with Gasteiger partial charge in [-0.1, -0.05) is 27.3 Å². The van der Waals surface area contributed by atoms with Gasteiger partial charge in [-0.05, 0) is 11.2 Å². The SMILES string of the molecule is [3H]C.[CH2-]CCC(=O)CC.[CH2-][C+]=O.[CH2-]c1ccccc1.[CH3-].[U].[V+2]. The van der Waals surface area contributed by atoms with E-state index in [1.165, 1.54) is 13.7 Å². The summed E-state index contributed by atoms with van der Waals surface area (Å²) in [5, 5.41) is 0. The van der Waals surface area contributed by atoms with Gasteiger partial charge in [0.05, 0.1) is 0 Å². The Morgan fingerprint density at radius 2 is 1.71 bits per heavy atom. The molecule has 0 fully saturated rings. The molecule has 1 radical (unpaired) electrons. The maximum absolute atomic E-state index is 10.4. The van der Waals surface area contributed by atoms with Crippen LogP contribution in [0, 0.1) is 59.3 Å². The molecule has 0 unspecified atom stereocenters. The van der Waals surface area contributed by atoms with Gasteiger partial charge < -0.3 is 14.4 Å². The Kier molecular flexibility index (Phi) is 49.8. The van der Waals surface area contributed by atoms with Gasteiger partial charge >= 0.3 is 24.8 Å². The largest absolute Gasteiger partial charge is 2.00 e. The quantitative estimate of drug-likeness (QED) is 0.518. The van der Waals surface area contributed by atoms with Crippen LogP contribution >= 0.6 is 0 Å². The van der Waals surface area contributed by atoms with Gasteiger partial charge in [0.25, 0.3) is 0 Å². The molecule has 0 heterocycles. The molecule has 0 aliphatic carbocycles. The van der Waals surface area contributed by atoms with Crippen LogP contribution in [0.2, 0.25) is 0 Å². The summed E-state index contributed by atoms with van der Waals surface area (Å²) in [7, 11) is 1.25. The van der Waals surface area contributed by atoms with E-state index in [1.54, 1.807) is 0 Å². The molecule has 0 atom stereocenters. The topological polar surface area (TPSA) is 34.1 Å². The van der Waals surface area contributed by atoms with Crippen LogP contribution in [0.15, 0.2) is 30.3 Å². The number of carbonyl (C=O) groups excluding carboxylic acids is 2. The monoisotopic (exact) mass is 554 g/mol. The van der Waals surface area contributed by atoms with Gasteiger partial charge in [-0.15, -0.1) is 12.1 Å². The van der Waals surface area contributed by atoms with Gasteiger partial charge in [0.1, 0.15) is 5.78 Å². The van der Waals surface area contributed by atoms with E-state index in [-0.39, 0.29) is 57.1 Å². The molecule has 0 spiro atoms. The summed E-state index contributed by atoms with van der Waals surface area (Å²) < 4.78 is 5.75. The number of hydrogen-bond acceptors (Lipinski definition) is 2. The fourth-order valence-electron chi connectivity index (χ4n) is 0.852. The molecule has 1 aromatic carbocycles. The zero-order valence-corrected chi connectivity index (χ0v) is 19.0. The Balaban J connectivity index is -0.0000000409. The first-order valence-electron chi connectivity index (χ1n) is 6.44. The second kappa shape index (κ2) is 32.0. The van der Waals surface area contributed by atoms with Crippen molar-refractivity contribution in [1.29, 1.82) is 0 Å². The third-order valence-corrected chi connectivity index (χ3v) is 1.69. The molecular weight excluding hydrogens is 525 g/mol. The van der Waals surface area contributed by atoms with Crippen LogP contribution in [-0.4, -0.2) is 12.1 Å². The van der Waals surface area contributed by atoms with Crippen LogP contribution in [0.4, 0.5) is 0 Å². The van der Waals surface area contributed by atoms with Crippen molar-refractivity contribution < 1.29 is 60.6 Å². The van der Waals surface area contributed by atoms with Crippen LogP contribution in [0.5, 0.6) is 0 Å². The van der Waals surface area contributed by atoms with Crippen molar-refractivity contribution in [2.75, 3.05) is 0 Å². The molecule has 117 valence electrons. The van der Waals surface area contributed by atoms with Crippen LogP contribution < -0.4 is 0 Å². The van der Waals surface area contributed by atoms with Gasteiger partial charge in [0.2, 0.25) is 0 Å². The van der Waals surface area contributed by atoms with E-state index in [2.05, 4.69) is 20.8 Å². The number of benzene rings is 1. The predicted octanol–water partition coefficient (Wildman–Crippen LogP) is 4.46. The average molecular weight is 554 g/mol. The summed E-state index contributed by atoms with van der Waals surface area (Å²) >= 11 is 0. The van der Waals surface area contributed by atoms with Gasteiger partial charge in [-0.3, -0.25) is 4.79 Å². The fraction of sp³-hybridized carbons (Fsp3) is 0.294. The fourth-order valence-corrected chi connectivity index (χ4v) is 0.852. The Bertz CT molecular complexity index is 296. The molecule has 0 aliphatic rings. The number of Topliss-reactive ketones (excluding diaryl/α,β-unsaturated/α-hetero) is 1. The molecular formula is C17H27O2UV-. The van der Waals surface area contributed by atoms with Crippen molar-refractivity contribution in [1.82, 2.24) is 0 Å². The van der Waals surface area contributed by atoms with Crippen molar-refractivity contribution >= 4 is 12.1 Å². The zero-order valence-electron chi connectivity index (χ0n) is 14.4. The Labute approximate surface area is 169 Å². The number of ketones is 1. The number of hydrogen-bond donors (Lipinski definition) is 0. The predicted molar refractivity (Wildman–Crippen MR) is 85.0 cm³/mol. The minimum absolute atomic E-state index is 0. The number of carbonyl (C=O) groups is 1. The molecule has 0 amide bonds. The molecule has 21 heavy (non-hydrogen) atoms. The van der Waals surface area contributed by atoms with E-state index in [0.29, 0.717) is 18.6 Å². The van der Waals surface area contributed by atoms with Gasteiger partial charge in [0.15, 0.2) is 0 Å². The molecule has 0 aromatic heterocycles. The average Bonchev–Trinajstić information content (AvgIpc) is 2.44. The summed E-state index contributed by atoms with van der Waals surface area (Å²) in [5.74, 6) is 0.315. The normalized spacial score (nSPS) is 6.52. The van der Waals surface area contributed by atoms with Gasteiger partial charge in [0, 0.05) is 38.9 Å². The Morgan fingerprint density at radius 3 is 1.86 bits per heavy atom. The molecule has 1 aromatic rings. The van der Waals surface area contributed by atoms with E-state index in [4.69, 9.17) is 6.17 Å². The van der Waals surface area contributed by atoms with Crippen molar-refractivity contribution in [3.63, 3.8) is 0 Å². The van der Waals surface area contributed by atoms with E-state index >= 15 is 0 Å². The summed E-state index contributed by atoms with van der Waals surface area (Å²) in [4.78, 5) is 18.9. The smallest absolute Gasteiger partial charge is 0.358 e. The minimum atomic E-state index is 0. The minimum Gasteiger partial charge on any atom is -0.358 e. The van der Waals surface area contributed by atoms with Gasteiger partial charge in [-0.25, -0.2) is 0 Å². The Hall–Kier alpha value is -0.154. The van der Waals surface area contributed by atoms with Crippen molar-refractivity contribution in [2.45, 2.75) is 33.6 Å². The van der Waals surface area contributed by atoms with Crippen LogP contribution in [0.3, 0.4) is 0 Å². The summed E-state index contributed by atoms with van der Waals surface area (Å²) in [6.07, 6.45) is 3.30. The van der Waals surface area contributed by atoms with E-state index in [0.717, 1.165) is 12.0 Å². The van der Waals surface area contributed by atoms with Gasteiger partial charge in [-0.2, -0.15) is 31.0 Å². The second-order valence-corrected chi connectivity index (χ2v) is 3.13. The molecule has 1 rings (SSSR count). The molecule has 0 aliphatic heterocycles. The van der Waals surface area contributed by atoms with Crippen molar-refractivity contribution in [3.05, 3.63) is 64.1 Å². The maximum atomic E-state index is 10.4. The molecule has 0 N–H and O–H groups in total. The van der Waals surface area contributed by atoms with Crippen LogP contribution in [0.1, 0.15) is 40.5 Å². The van der Waals surface area contributed by atoms with E-state index < -0.39 is 0 Å². The molecule has 4 heteroatoms.